The summed E-state index contributed by atoms with van der Waals surface area (Å²) in [6.45, 7) is 2.02. The number of carbonyl (C=O) groups is 1. The molecule has 8 heteroatoms. The molecule has 0 spiro atoms. The van der Waals surface area contributed by atoms with Crippen molar-refractivity contribution >= 4 is 23.8 Å². The van der Waals surface area contributed by atoms with Crippen molar-refractivity contribution in [1.82, 2.24) is 15.2 Å². The lowest BCUT2D eigenvalue weighted by atomic mass is 10.1. The summed E-state index contributed by atoms with van der Waals surface area (Å²) in [5.41, 5.74) is 2.09. The fourth-order valence-electron chi connectivity index (χ4n) is 2.33. The summed E-state index contributed by atoms with van der Waals surface area (Å²) in [7, 11) is 0. The van der Waals surface area contributed by atoms with E-state index in [4.69, 9.17) is 10.00 Å². The molecule has 0 aliphatic heterocycles. The van der Waals surface area contributed by atoms with E-state index in [-0.39, 0.29) is 11.5 Å². The molecule has 0 amide bonds. The number of nitrogens with one attached hydrogen (secondary N) is 1. The van der Waals surface area contributed by atoms with E-state index in [1.54, 1.807) is 49.4 Å². The predicted molar refractivity (Wildman–Crippen MR) is 105 cm³/mol. The summed E-state index contributed by atoms with van der Waals surface area (Å²) in [6, 6.07) is 16.4. The summed E-state index contributed by atoms with van der Waals surface area (Å²) in [5, 5.41) is 25.5. The fraction of sp³-hybridized carbons (Fsp3) is 0.100. The van der Waals surface area contributed by atoms with Gasteiger partial charge in [0.15, 0.2) is 0 Å². The molecule has 0 fully saturated rings. The Hall–Kier alpha value is -3.57. The standard InChI is InChI=1S/C20H16N4O3S/c1-13-22-20(24-23-13)28-18(19(25)26)10-14-6-8-17(9-7-14)27-12-16-5-3-2-4-15(16)11-21/h2-10H,12H2,1H3,(H,25,26)(H,22,23,24)/b18-10+. The Bertz CT molecular complexity index is 1050. The van der Waals surface area contributed by atoms with Crippen LogP contribution in [-0.2, 0) is 11.4 Å². The van der Waals surface area contributed by atoms with E-state index in [9.17, 15) is 9.90 Å². The first-order valence-electron chi connectivity index (χ1n) is 8.28. The molecule has 2 aromatic carbocycles. The number of nitrogens with zero attached hydrogens (tertiary/aromatic N) is 3. The smallest absolute Gasteiger partial charge is 0.342 e. The zero-order chi connectivity index (χ0) is 19.9. The van der Waals surface area contributed by atoms with Gasteiger partial charge in [0.1, 0.15) is 23.1 Å². The van der Waals surface area contributed by atoms with Gasteiger partial charge in [-0.15, -0.1) is 5.10 Å². The molecule has 0 atom stereocenters. The number of nitriles is 1. The quantitative estimate of drug-likeness (QED) is 0.465. The van der Waals surface area contributed by atoms with Gasteiger partial charge < -0.3 is 9.84 Å². The van der Waals surface area contributed by atoms with Crippen LogP contribution in [0.25, 0.3) is 6.08 Å². The van der Waals surface area contributed by atoms with E-state index in [0.29, 0.717) is 27.9 Å². The van der Waals surface area contributed by atoms with Crippen LogP contribution in [0.2, 0.25) is 0 Å². The highest BCUT2D eigenvalue weighted by molar-refractivity contribution is 8.04. The van der Waals surface area contributed by atoms with Gasteiger partial charge >= 0.3 is 5.97 Å². The second-order valence-corrected chi connectivity index (χ2v) is 6.75. The molecule has 0 bridgehead atoms. The lowest BCUT2D eigenvalue weighted by Crippen LogP contribution is -1.98. The first-order chi connectivity index (χ1) is 13.5. The van der Waals surface area contributed by atoms with Crippen LogP contribution < -0.4 is 4.74 Å². The highest BCUT2D eigenvalue weighted by Gasteiger charge is 2.13. The van der Waals surface area contributed by atoms with Crippen LogP contribution in [0.1, 0.15) is 22.5 Å². The van der Waals surface area contributed by atoms with E-state index < -0.39 is 5.97 Å². The molecule has 0 saturated heterocycles. The van der Waals surface area contributed by atoms with Gasteiger partial charge in [-0.1, -0.05) is 30.3 Å². The van der Waals surface area contributed by atoms with Crippen LogP contribution in [0.3, 0.4) is 0 Å². The van der Waals surface area contributed by atoms with Crippen molar-refractivity contribution in [2.45, 2.75) is 18.7 Å². The molecule has 1 heterocycles. The Morgan fingerprint density at radius 2 is 2.04 bits per heavy atom. The van der Waals surface area contributed by atoms with Gasteiger partial charge in [-0.05, 0) is 48.5 Å². The molecule has 0 radical (unpaired) electrons. The third-order valence-electron chi connectivity index (χ3n) is 3.70. The highest BCUT2D eigenvalue weighted by atomic mass is 32.2. The minimum Gasteiger partial charge on any atom is -0.489 e. The van der Waals surface area contributed by atoms with Crippen molar-refractivity contribution in [3.05, 3.63) is 76.0 Å². The van der Waals surface area contributed by atoms with Crippen LogP contribution >= 0.6 is 11.8 Å². The van der Waals surface area contributed by atoms with Crippen LogP contribution in [0.4, 0.5) is 0 Å². The first kappa shape index (κ1) is 19.2. The van der Waals surface area contributed by atoms with E-state index in [0.717, 1.165) is 17.3 Å². The monoisotopic (exact) mass is 392 g/mol. The van der Waals surface area contributed by atoms with Crippen molar-refractivity contribution < 1.29 is 14.6 Å². The Balaban J connectivity index is 1.69. The van der Waals surface area contributed by atoms with Gasteiger partial charge in [0.2, 0.25) is 5.16 Å². The second-order valence-electron chi connectivity index (χ2n) is 5.75. The molecular weight excluding hydrogens is 376 g/mol. The number of aromatic amines is 1. The molecule has 0 aliphatic rings. The molecule has 2 N–H and O–H groups in total. The summed E-state index contributed by atoms with van der Waals surface area (Å²) in [4.78, 5) is 15.7. The number of ether oxygens (including phenoxy) is 1. The third kappa shape index (κ3) is 4.99. The Morgan fingerprint density at radius 1 is 1.29 bits per heavy atom. The van der Waals surface area contributed by atoms with Gasteiger partial charge in [0.05, 0.1) is 11.6 Å². The van der Waals surface area contributed by atoms with E-state index >= 15 is 0 Å². The number of carboxylic acids is 1. The molecule has 140 valence electrons. The van der Waals surface area contributed by atoms with E-state index in [1.165, 1.54) is 0 Å². The summed E-state index contributed by atoms with van der Waals surface area (Å²) < 4.78 is 5.72. The van der Waals surface area contributed by atoms with Crippen LogP contribution in [0.5, 0.6) is 5.75 Å². The molecular formula is C20H16N4O3S. The number of carboxylic acid groups (broad SMARTS) is 1. The average Bonchev–Trinajstić information content (AvgIpc) is 3.11. The minimum atomic E-state index is -1.05. The van der Waals surface area contributed by atoms with E-state index in [1.807, 2.05) is 12.1 Å². The number of hydrogen-bond acceptors (Lipinski definition) is 6. The SMILES string of the molecule is Cc1nc(S/C(=C/c2ccc(OCc3ccccc3C#N)cc2)C(=O)O)n[nH]1. The maximum absolute atomic E-state index is 11.5. The van der Waals surface area contributed by atoms with Gasteiger partial charge in [0.25, 0.3) is 0 Å². The number of rotatable bonds is 7. The van der Waals surface area contributed by atoms with Crippen molar-refractivity contribution in [3.63, 3.8) is 0 Å². The molecule has 0 aliphatic carbocycles. The summed E-state index contributed by atoms with van der Waals surface area (Å²) >= 11 is 0.975. The molecule has 28 heavy (non-hydrogen) atoms. The Labute approximate surface area is 165 Å². The lowest BCUT2D eigenvalue weighted by molar-refractivity contribution is -0.131. The molecule has 0 saturated carbocycles. The third-order valence-corrected chi connectivity index (χ3v) is 4.58. The largest absolute Gasteiger partial charge is 0.489 e. The number of hydrogen-bond donors (Lipinski definition) is 2. The minimum absolute atomic E-state index is 0.107. The lowest BCUT2D eigenvalue weighted by Gasteiger charge is -2.08. The maximum Gasteiger partial charge on any atom is 0.342 e. The summed E-state index contributed by atoms with van der Waals surface area (Å²) in [6.07, 6.45) is 1.55. The zero-order valence-electron chi connectivity index (χ0n) is 14.9. The normalized spacial score (nSPS) is 11.1. The summed E-state index contributed by atoms with van der Waals surface area (Å²) in [5.74, 6) is 0.187. The zero-order valence-corrected chi connectivity index (χ0v) is 15.7. The van der Waals surface area contributed by atoms with Crippen LogP contribution in [0, 0.1) is 18.3 Å². The molecule has 1 aromatic heterocycles. The number of thioether (sulfide) groups is 1. The number of H-pyrrole nitrogens is 1. The Morgan fingerprint density at radius 3 is 2.68 bits per heavy atom. The van der Waals surface area contributed by atoms with Gasteiger partial charge in [-0.3, -0.25) is 5.10 Å². The van der Waals surface area contributed by atoms with Crippen LogP contribution in [0.15, 0.2) is 58.6 Å². The van der Waals surface area contributed by atoms with Crippen molar-refractivity contribution in [1.29, 1.82) is 5.26 Å². The van der Waals surface area contributed by atoms with Crippen molar-refractivity contribution in [3.8, 4) is 11.8 Å². The number of aromatic nitrogens is 3. The number of aryl methyl sites for hydroxylation is 1. The van der Waals surface area contributed by atoms with Gasteiger partial charge in [0, 0.05) is 5.56 Å². The predicted octanol–water partition coefficient (Wildman–Crippen LogP) is 3.78. The van der Waals surface area contributed by atoms with Crippen molar-refractivity contribution in [2.75, 3.05) is 0 Å². The van der Waals surface area contributed by atoms with Crippen LogP contribution in [-0.4, -0.2) is 26.3 Å². The number of benzene rings is 2. The van der Waals surface area contributed by atoms with E-state index in [2.05, 4.69) is 21.3 Å². The topological polar surface area (TPSA) is 112 Å². The number of aliphatic carboxylic acids is 1. The Kier molecular flexibility index (Phi) is 6.09. The molecule has 7 nitrogen and oxygen atoms in total. The highest BCUT2D eigenvalue weighted by Crippen LogP contribution is 2.26. The molecule has 0 unspecified atom stereocenters. The molecule has 3 rings (SSSR count). The first-order valence-corrected chi connectivity index (χ1v) is 9.09. The van der Waals surface area contributed by atoms with Gasteiger partial charge in [-0.2, -0.15) is 5.26 Å². The maximum atomic E-state index is 11.5. The van der Waals surface area contributed by atoms with Gasteiger partial charge in [-0.25, -0.2) is 9.78 Å². The second kappa shape index (κ2) is 8.88. The fourth-order valence-corrected chi connectivity index (χ4v) is 3.08. The average molecular weight is 392 g/mol. The molecule has 3 aromatic rings. The van der Waals surface area contributed by atoms with Crippen molar-refractivity contribution in [2.24, 2.45) is 0 Å².